The number of carbonyl (C=O) groups excluding carboxylic acids is 1. The number of aromatic nitrogens is 2. The lowest BCUT2D eigenvalue weighted by atomic mass is 10.1. The second-order valence-corrected chi connectivity index (χ2v) is 7.39. The van der Waals surface area contributed by atoms with Gasteiger partial charge in [0.05, 0.1) is 32.7 Å². The van der Waals surface area contributed by atoms with Crippen molar-refractivity contribution in [2.45, 2.75) is 6.54 Å². The number of benzene rings is 3. The molecule has 0 aliphatic carbocycles. The van der Waals surface area contributed by atoms with Gasteiger partial charge in [-0.25, -0.2) is 9.07 Å². The molecular formula is C26H24FN3O4. The molecule has 0 saturated carbocycles. The lowest BCUT2D eigenvalue weighted by Gasteiger charge is -2.14. The predicted molar refractivity (Wildman–Crippen MR) is 126 cm³/mol. The van der Waals surface area contributed by atoms with Crippen molar-refractivity contribution in [1.29, 1.82) is 0 Å². The number of halogens is 1. The Kier molecular flexibility index (Phi) is 6.77. The lowest BCUT2D eigenvalue weighted by Crippen LogP contribution is -2.23. The van der Waals surface area contributed by atoms with Crippen LogP contribution in [-0.2, 0) is 6.54 Å². The molecule has 8 heteroatoms. The molecule has 0 saturated heterocycles. The Bertz CT molecular complexity index is 1260. The minimum absolute atomic E-state index is 0.203. The Morgan fingerprint density at radius 2 is 1.59 bits per heavy atom. The Balaban J connectivity index is 1.64. The molecule has 0 bridgehead atoms. The maximum atomic E-state index is 13.5. The molecule has 4 rings (SSSR count). The Labute approximate surface area is 196 Å². The van der Waals surface area contributed by atoms with Crippen LogP contribution >= 0.6 is 0 Å². The van der Waals surface area contributed by atoms with Gasteiger partial charge in [-0.15, -0.1) is 0 Å². The molecule has 34 heavy (non-hydrogen) atoms. The van der Waals surface area contributed by atoms with Crippen molar-refractivity contribution in [3.63, 3.8) is 0 Å². The average Bonchev–Trinajstić information content (AvgIpc) is 3.31. The number of nitrogens with one attached hydrogen (secondary N) is 1. The molecule has 1 N–H and O–H groups in total. The van der Waals surface area contributed by atoms with Crippen LogP contribution in [0.5, 0.6) is 17.2 Å². The zero-order valence-electron chi connectivity index (χ0n) is 19.0. The van der Waals surface area contributed by atoms with E-state index in [0.717, 1.165) is 16.8 Å². The van der Waals surface area contributed by atoms with Gasteiger partial charge in [-0.3, -0.25) is 4.79 Å². The highest BCUT2D eigenvalue weighted by Gasteiger charge is 2.18. The van der Waals surface area contributed by atoms with Crippen molar-refractivity contribution in [3.05, 3.63) is 89.9 Å². The van der Waals surface area contributed by atoms with Crippen molar-refractivity contribution in [2.24, 2.45) is 0 Å². The van der Waals surface area contributed by atoms with Crippen molar-refractivity contribution in [3.8, 4) is 34.2 Å². The fourth-order valence-electron chi connectivity index (χ4n) is 3.59. The highest BCUT2D eigenvalue weighted by Crippen LogP contribution is 2.38. The van der Waals surface area contributed by atoms with Crippen LogP contribution in [0.15, 0.2) is 72.9 Å². The van der Waals surface area contributed by atoms with Gasteiger partial charge in [0.2, 0.25) is 5.75 Å². The Hall–Kier alpha value is -4.33. The molecule has 4 aromatic rings. The Morgan fingerprint density at radius 1 is 0.941 bits per heavy atom. The van der Waals surface area contributed by atoms with Crippen LogP contribution < -0.4 is 19.5 Å². The fourth-order valence-corrected chi connectivity index (χ4v) is 3.59. The van der Waals surface area contributed by atoms with E-state index in [-0.39, 0.29) is 18.3 Å². The second kappa shape index (κ2) is 10.1. The summed E-state index contributed by atoms with van der Waals surface area (Å²) in [4.78, 5) is 13.0. The van der Waals surface area contributed by atoms with Crippen LogP contribution in [0.2, 0.25) is 0 Å². The van der Waals surface area contributed by atoms with Gasteiger partial charge in [0.1, 0.15) is 5.82 Å². The third kappa shape index (κ3) is 4.71. The molecule has 0 aliphatic rings. The number of hydrogen-bond acceptors (Lipinski definition) is 5. The monoisotopic (exact) mass is 461 g/mol. The molecule has 0 fully saturated rings. The Morgan fingerprint density at radius 3 is 2.18 bits per heavy atom. The molecule has 0 radical (unpaired) electrons. The number of hydrogen-bond donors (Lipinski definition) is 1. The van der Waals surface area contributed by atoms with Gasteiger partial charge in [0.25, 0.3) is 5.91 Å². The van der Waals surface area contributed by atoms with E-state index in [1.807, 2.05) is 36.5 Å². The molecule has 1 heterocycles. The summed E-state index contributed by atoms with van der Waals surface area (Å²) in [6, 6.07) is 18.9. The van der Waals surface area contributed by atoms with Gasteiger partial charge < -0.3 is 19.5 Å². The minimum Gasteiger partial charge on any atom is -0.493 e. The van der Waals surface area contributed by atoms with Crippen molar-refractivity contribution < 1.29 is 23.4 Å². The minimum atomic E-state index is -0.330. The van der Waals surface area contributed by atoms with Gasteiger partial charge in [-0.2, -0.15) is 5.10 Å². The highest BCUT2D eigenvalue weighted by molar-refractivity contribution is 5.95. The first-order chi connectivity index (χ1) is 16.5. The molecule has 1 amide bonds. The van der Waals surface area contributed by atoms with Crippen molar-refractivity contribution in [1.82, 2.24) is 15.1 Å². The van der Waals surface area contributed by atoms with Gasteiger partial charge in [0.15, 0.2) is 11.5 Å². The van der Waals surface area contributed by atoms with Crippen LogP contribution in [0.3, 0.4) is 0 Å². The SMILES string of the molecule is COc1cc(C(=O)NCc2cn(-c3ccccc3)nc2-c2ccc(F)cc2)cc(OC)c1OC. The number of ether oxygens (including phenoxy) is 3. The number of para-hydroxylation sites is 1. The summed E-state index contributed by atoms with van der Waals surface area (Å²) >= 11 is 0. The third-order valence-corrected chi connectivity index (χ3v) is 5.29. The van der Waals surface area contributed by atoms with E-state index in [1.54, 1.807) is 28.9 Å². The van der Waals surface area contributed by atoms with Crippen LogP contribution in [0, 0.1) is 5.82 Å². The first kappa shape index (κ1) is 22.8. The van der Waals surface area contributed by atoms with E-state index < -0.39 is 0 Å². The zero-order chi connectivity index (χ0) is 24.1. The van der Waals surface area contributed by atoms with E-state index in [9.17, 15) is 9.18 Å². The van der Waals surface area contributed by atoms with E-state index >= 15 is 0 Å². The molecule has 1 aromatic heterocycles. The van der Waals surface area contributed by atoms with Gasteiger partial charge in [-0.05, 0) is 48.5 Å². The summed E-state index contributed by atoms with van der Waals surface area (Å²) in [5.41, 5.74) is 3.39. The first-order valence-corrected chi connectivity index (χ1v) is 10.5. The van der Waals surface area contributed by atoms with Gasteiger partial charge in [0, 0.05) is 29.4 Å². The van der Waals surface area contributed by atoms with Crippen molar-refractivity contribution >= 4 is 5.91 Å². The summed E-state index contributed by atoms with van der Waals surface area (Å²) in [5.74, 6) is 0.524. The molecule has 174 valence electrons. The zero-order valence-corrected chi connectivity index (χ0v) is 19.0. The molecule has 0 unspecified atom stereocenters. The smallest absolute Gasteiger partial charge is 0.251 e. The fraction of sp³-hybridized carbons (Fsp3) is 0.154. The maximum Gasteiger partial charge on any atom is 0.251 e. The summed E-state index contributed by atoms with van der Waals surface area (Å²) in [6.07, 6.45) is 1.85. The number of carbonyl (C=O) groups is 1. The van der Waals surface area contributed by atoms with E-state index in [0.29, 0.717) is 28.5 Å². The average molecular weight is 461 g/mol. The normalized spacial score (nSPS) is 10.6. The summed E-state index contributed by atoms with van der Waals surface area (Å²) in [6.45, 7) is 0.203. The van der Waals surface area contributed by atoms with Crippen LogP contribution in [0.4, 0.5) is 4.39 Å². The van der Waals surface area contributed by atoms with Gasteiger partial charge in [-0.1, -0.05) is 18.2 Å². The maximum absolute atomic E-state index is 13.5. The van der Waals surface area contributed by atoms with E-state index in [2.05, 4.69) is 5.32 Å². The number of methoxy groups -OCH3 is 3. The summed E-state index contributed by atoms with van der Waals surface area (Å²) in [7, 11) is 4.49. The summed E-state index contributed by atoms with van der Waals surface area (Å²) < 4.78 is 31.2. The third-order valence-electron chi connectivity index (χ3n) is 5.29. The predicted octanol–water partition coefficient (Wildman–Crippen LogP) is 4.63. The van der Waals surface area contributed by atoms with E-state index in [4.69, 9.17) is 19.3 Å². The van der Waals surface area contributed by atoms with Crippen LogP contribution in [0.1, 0.15) is 15.9 Å². The highest BCUT2D eigenvalue weighted by atomic mass is 19.1. The molecule has 7 nitrogen and oxygen atoms in total. The largest absolute Gasteiger partial charge is 0.493 e. The number of nitrogens with zero attached hydrogens (tertiary/aromatic N) is 2. The molecule has 0 spiro atoms. The topological polar surface area (TPSA) is 74.6 Å². The number of rotatable bonds is 8. The standard InChI is InChI=1S/C26H24FN3O4/c1-32-22-13-18(14-23(33-2)25(22)34-3)26(31)28-15-19-16-30(21-7-5-4-6-8-21)29-24(19)17-9-11-20(27)12-10-17/h4-14,16H,15H2,1-3H3,(H,28,31). The lowest BCUT2D eigenvalue weighted by molar-refractivity contribution is 0.0950. The molecular weight excluding hydrogens is 437 g/mol. The van der Waals surface area contributed by atoms with Crippen LogP contribution in [-0.4, -0.2) is 37.0 Å². The van der Waals surface area contributed by atoms with Crippen LogP contribution in [0.25, 0.3) is 16.9 Å². The van der Waals surface area contributed by atoms with Gasteiger partial charge >= 0.3 is 0 Å². The quantitative estimate of drug-likeness (QED) is 0.414. The number of amides is 1. The summed E-state index contributed by atoms with van der Waals surface area (Å²) in [5, 5.41) is 7.62. The second-order valence-electron chi connectivity index (χ2n) is 7.39. The molecule has 3 aromatic carbocycles. The first-order valence-electron chi connectivity index (χ1n) is 10.5. The van der Waals surface area contributed by atoms with E-state index in [1.165, 1.54) is 33.5 Å². The molecule has 0 atom stereocenters. The molecule has 0 aliphatic heterocycles. The van der Waals surface area contributed by atoms with Crippen molar-refractivity contribution in [2.75, 3.05) is 21.3 Å².